The van der Waals surface area contributed by atoms with Crippen LogP contribution in [0.4, 0.5) is 11.8 Å². The summed E-state index contributed by atoms with van der Waals surface area (Å²) in [6, 6.07) is 17.8. The van der Waals surface area contributed by atoms with Crippen LogP contribution in [0.15, 0.2) is 60.7 Å². The van der Waals surface area contributed by atoms with Gasteiger partial charge in [0.2, 0.25) is 11.9 Å². The van der Waals surface area contributed by atoms with Crippen molar-refractivity contribution in [3.8, 4) is 0 Å². The molecule has 1 amide bonds. The molecule has 4 rings (SSSR count). The fraction of sp³-hybridized carbons (Fsp3) is 0.280. The zero-order chi connectivity index (χ0) is 21.6. The minimum atomic E-state index is 0.0477. The summed E-state index contributed by atoms with van der Waals surface area (Å²) in [5.41, 5.74) is 3.84. The third kappa shape index (κ3) is 5.54. The lowest BCUT2D eigenvalue weighted by Gasteiger charge is -2.32. The van der Waals surface area contributed by atoms with Crippen molar-refractivity contribution < 1.29 is 4.79 Å². The Hall–Kier alpha value is -3.54. The van der Waals surface area contributed by atoms with E-state index in [9.17, 15) is 4.79 Å². The van der Waals surface area contributed by atoms with E-state index in [1.807, 2.05) is 79.4 Å². The molecule has 0 radical (unpaired) electrons. The molecule has 1 unspecified atom stereocenters. The smallest absolute Gasteiger partial charge is 0.246 e. The Labute approximate surface area is 183 Å². The fourth-order valence-corrected chi connectivity index (χ4v) is 3.90. The molecule has 1 fully saturated rings. The summed E-state index contributed by atoms with van der Waals surface area (Å²) in [7, 11) is 0. The lowest BCUT2D eigenvalue weighted by Crippen LogP contribution is -2.38. The van der Waals surface area contributed by atoms with Gasteiger partial charge < -0.3 is 10.2 Å². The van der Waals surface area contributed by atoms with Crippen LogP contribution in [-0.4, -0.2) is 38.8 Å². The molecule has 31 heavy (non-hydrogen) atoms. The summed E-state index contributed by atoms with van der Waals surface area (Å²) in [5.74, 6) is 1.53. The van der Waals surface area contributed by atoms with E-state index in [0.29, 0.717) is 12.5 Å². The van der Waals surface area contributed by atoms with Gasteiger partial charge in [0, 0.05) is 42.2 Å². The summed E-state index contributed by atoms with van der Waals surface area (Å²) in [5, 5.41) is 3.21. The minimum absolute atomic E-state index is 0.0477. The second kappa shape index (κ2) is 9.51. The average Bonchev–Trinajstić information content (AvgIpc) is 2.78. The molecule has 1 aliphatic rings. The van der Waals surface area contributed by atoms with Gasteiger partial charge in [-0.15, -0.1) is 0 Å². The van der Waals surface area contributed by atoms with E-state index in [-0.39, 0.29) is 11.8 Å². The van der Waals surface area contributed by atoms with Crippen molar-refractivity contribution in [3.63, 3.8) is 0 Å². The number of carbonyl (C=O) groups is 1. The van der Waals surface area contributed by atoms with Crippen LogP contribution in [0, 0.1) is 13.8 Å². The van der Waals surface area contributed by atoms with Gasteiger partial charge in [-0.2, -0.15) is 0 Å². The van der Waals surface area contributed by atoms with Crippen LogP contribution in [0.25, 0.3) is 6.08 Å². The molecule has 0 aliphatic carbocycles. The number of aromatic nitrogens is 3. The zero-order valence-corrected chi connectivity index (χ0v) is 18.0. The van der Waals surface area contributed by atoms with Crippen molar-refractivity contribution in [2.45, 2.75) is 32.6 Å². The van der Waals surface area contributed by atoms with Crippen LogP contribution >= 0.6 is 0 Å². The van der Waals surface area contributed by atoms with E-state index in [1.54, 1.807) is 6.08 Å². The molecule has 2 aromatic heterocycles. The lowest BCUT2D eigenvalue weighted by atomic mass is 9.94. The lowest BCUT2D eigenvalue weighted by molar-refractivity contribution is -0.127. The summed E-state index contributed by atoms with van der Waals surface area (Å²) < 4.78 is 0. The molecule has 6 heteroatoms. The number of rotatable bonds is 5. The number of likely N-dealkylation sites (tertiary alicyclic amines) is 1. The Morgan fingerprint density at radius 3 is 2.58 bits per heavy atom. The molecule has 3 heterocycles. The van der Waals surface area contributed by atoms with Crippen LogP contribution in [0.1, 0.15) is 41.4 Å². The maximum absolute atomic E-state index is 12.7. The number of piperidine rings is 1. The Kier molecular flexibility index (Phi) is 6.36. The first-order valence-electron chi connectivity index (χ1n) is 10.6. The first kappa shape index (κ1) is 20.7. The van der Waals surface area contributed by atoms with Crippen LogP contribution in [-0.2, 0) is 4.79 Å². The van der Waals surface area contributed by atoms with E-state index in [1.165, 1.54) is 0 Å². The molecule has 158 valence electrons. The van der Waals surface area contributed by atoms with Gasteiger partial charge in [-0.3, -0.25) is 4.79 Å². The van der Waals surface area contributed by atoms with E-state index >= 15 is 0 Å². The molecule has 3 aromatic rings. The summed E-state index contributed by atoms with van der Waals surface area (Å²) in [6.45, 7) is 5.35. The van der Waals surface area contributed by atoms with E-state index in [4.69, 9.17) is 4.98 Å². The van der Waals surface area contributed by atoms with Crippen LogP contribution in [0.3, 0.4) is 0 Å². The highest BCUT2D eigenvalue weighted by Gasteiger charge is 2.24. The number of amides is 1. The predicted octanol–water partition coefficient (Wildman–Crippen LogP) is 4.65. The van der Waals surface area contributed by atoms with Crippen molar-refractivity contribution in [2.75, 3.05) is 18.4 Å². The van der Waals surface area contributed by atoms with Gasteiger partial charge in [0.05, 0.1) is 0 Å². The largest absolute Gasteiger partial charge is 0.338 e. The highest BCUT2D eigenvalue weighted by molar-refractivity contribution is 5.91. The third-order valence-corrected chi connectivity index (χ3v) is 5.36. The van der Waals surface area contributed by atoms with Crippen LogP contribution in [0.2, 0.25) is 0 Å². The monoisotopic (exact) mass is 413 g/mol. The predicted molar refractivity (Wildman–Crippen MR) is 123 cm³/mol. The number of carbonyl (C=O) groups excluding carboxylic acids is 1. The first-order valence-corrected chi connectivity index (χ1v) is 10.6. The van der Waals surface area contributed by atoms with Crippen LogP contribution < -0.4 is 5.32 Å². The number of hydrogen-bond acceptors (Lipinski definition) is 5. The van der Waals surface area contributed by atoms with E-state index < -0.39 is 0 Å². The van der Waals surface area contributed by atoms with Crippen LogP contribution in [0.5, 0.6) is 0 Å². The molecule has 0 bridgehead atoms. The van der Waals surface area contributed by atoms with Gasteiger partial charge in [-0.05, 0) is 56.5 Å². The molecule has 1 atom stereocenters. The van der Waals surface area contributed by atoms with Crippen molar-refractivity contribution in [3.05, 3.63) is 83.3 Å². The molecule has 1 N–H and O–H groups in total. The quantitative estimate of drug-likeness (QED) is 0.617. The fourth-order valence-electron chi connectivity index (χ4n) is 3.90. The highest BCUT2D eigenvalue weighted by atomic mass is 16.2. The summed E-state index contributed by atoms with van der Waals surface area (Å²) in [6.07, 6.45) is 5.52. The Morgan fingerprint density at radius 2 is 1.81 bits per heavy atom. The molecular weight excluding hydrogens is 386 g/mol. The second-order valence-corrected chi connectivity index (χ2v) is 7.91. The standard InChI is InChI=1S/C25H27N5O/c1-18-16-19(2)27-25(26-18)29-23-12-6-11-22(28-23)21-10-7-15-30(17-21)24(31)14-13-20-8-4-3-5-9-20/h3-6,8-9,11-14,16,21H,7,10,15,17H2,1-2H3,(H,26,27,28,29)/b14-13+. The number of hydrogen-bond donors (Lipinski definition) is 1. The minimum Gasteiger partial charge on any atom is -0.338 e. The summed E-state index contributed by atoms with van der Waals surface area (Å²) >= 11 is 0. The van der Waals surface area contributed by atoms with Gasteiger partial charge in [0.15, 0.2) is 0 Å². The van der Waals surface area contributed by atoms with Crippen molar-refractivity contribution in [1.29, 1.82) is 0 Å². The van der Waals surface area contributed by atoms with Gasteiger partial charge in [-0.1, -0.05) is 36.4 Å². The van der Waals surface area contributed by atoms with Gasteiger partial charge >= 0.3 is 0 Å². The molecule has 1 aromatic carbocycles. The number of nitrogens with one attached hydrogen (secondary N) is 1. The average molecular weight is 414 g/mol. The Morgan fingerprint density at radius 1 is 1.03 bits per heavy atom. The molecule has 0 saturated carbocycles. The van der Waals surface area contributed by atoms with Gasteiger partial charge in [-0.25, -0.2) is 15.0 Å². The SMILES string of the molecule is Cc1cc(C)nc(Nc2cccc(C3CCCN(C(=O)/C=C/c4ccccc4)C3)n2)n1. The normalized spacial score (nSPS) is 16.5. The zero-order valence-electron chi connectivity index (χ0n) is 18.0. The maximum atomic E-state index is 12.7. The topological polar surface area (TPSA) is 71.0 Å². The number of anilines is 2. The van der Waals surface area contributed by atoms with Gasteiger partial charge in [0.25, 0.3) is 0 Å². The van der Waals surface area contributed by atoms with Crippen molar-refractivity contribution in [1.82, 2.24) is 19.9 Å². The highest BCUT2D eigenvalue weighted by Crippen LogP contribution is 2.27. The first-order chi connectivity index (χ1) is 15.1. The molecule has 1 aliphatic heterocycles. The van der Waals surface area contributed by atoms with E-state index in [0.717, 1.165) is 47.8 Å². The van der Waals surface area contributed by atoms with Crippen molar-refractivity contribution in [2.24, 2.45) is 0 Å². The molecule has 6 nitrogen and oxygen atoms in total. The van der Waals surface area contributed by atoms with Crippen molar-refractivity contribution >= 4 is 23.7 Å². The summed E-state index contributed by atoms with van der Waals surface area (Å²) in [4.78, 5) is 28.3. The third-order valence-electron chi connectivity index (χ3n) is 5.36. The van der Waals surface area contributed by atoms with E-state index in [2.05, 4.69) is 15.3 Å². The second-order valence-electron chi connectivity index (χ2n) is 7.91. The maximum Gasteiger partial charge on any atom is 0.246 e. The number of nitrogens with zero attached hydrogens (tertiary/aromatic N) is 4. The number of benzene rings is 1. The Bertz CT molecular complexity index is 1060. The molecule has 0 spiro atoms. The Balaban J connectivity index is 1.44. The molecule has 1 saturated heterocycles. The number of pyridine rings is 1. The molecular formula is C25H27N5O. The van der Waals surface area contributed by atoms with Gasteiger partial charge in [0.1, 0.15) is 5.82 Å². The number of aryl methyl sites for hydroxylation is 2.